The quantitative estimate of drug-likeness (QED) is 0.596. The van der Waals surface area contributed by atoms with E-state index in [2.05, 4.69) is 17.1 Å². The molecule has 1 N–H and O–H groups in total. The van der Waals surface area contributed by atoms with Gasteiger partial charge in [-0.25, -0.2) is 0 Å². The molecule has 14 heavy (non-hydrogen) atoms. The molecule has 2 saturated carbocycles. The van der Waals surface area contributed by atoms with Crippen LogP contribution in [0, 0.1) is 5.92 Å². The lowest BCUT2D eigenvalue weighted by Gasteiger charge is -2.19. The fourth-order valence-corrected chi connectivity index (χ4v) is 1.94. The van der Waals surface area contributed by atoms with Crippen LogP contribution in [-0.4, -0.2) is 37.1 Å². The van der Waals surface area contributed by atoms with Crippen molar-refractivity contribution < 1.29 is 0 Å². The number of hydrogen-bond donors (Lipinski definition) is 1. The normalized spacial score (nSPS) is 21.9. The monoisotopic (exact) mass is 196 g/mol. The van der Waals surface area contributed by atoms with Crippen LogP contribution in [0.4, 0.5) is 0 Å². The fourth-order valence-electron chi connectivity index (χ4n) is 1.94. The lowest BCUT2D eigenvalue weighted by Crippen LogP contribution is -2.29. The summed E-state index contributed by atoms with van der Waals surface area (Å²) in [7, 11) is 0. The van der Waals surface area contributed by atoms with Gasteiger partial charge in [-0.1, -0.05) is 6.92 Å². The van der Waals surface area contributed by atoms with Gasteiger partial charge >= 0.3 is 0 Å². The van der Waals surface area contributed by atoms with Gasteiger partial charge in [-0.05, 0) is 57.7 Å². The summed E-state index contributed by atoms with van der Waals surface area (Å²) < 4.78 is 0. The third-order valence-corrected chi connectivity index (χ3v) is 3.32. The topological polar surface area (TPSA) is 15.3 Å². The summed E-state index contributed by atoms with van der Waals surface area (Å²) in [5, 5.41) is 3.58. The summed E-state index contributed by atoms with van der Waals surface area (Å²) in [5.41, 5.74) is 0. The summed E-state index contributed by atoms with van der Waals surface area (Å²) in [6.45, 7) is 7.41. The van der Waals surface area contributed by atoms with E-state index in [0.717, 1.165) is 12.0 Å². The molecule has 0 bridgehead atoms. The largest absolute Gasteiger partial charge is 0.314 e. The van der Waals surface area contributed by atoms with Crippen molar-refractivity contribution in [1.29, 1.82) is 0 Å². The number of rotatable bonds is 8. The average Bonchev–Trinajstić information content (AvgIpc) is 3.03. The lowest BCUT2D eigenvalue weighted by atomic mass is 10.3. The van der Waals surface area contributed by atoms with Crippen molar-refractivity contribution in [3.8, 4) is 0 Å². The second-order valence-electron chi connectivity index (χ2n) is 4.92. The van der Waals surface area contributed by atoms with Gasteiger partial charge in [0.25, 0.3) is 0 Å². The highest BCUT2D eigenvalue weighted by Gasteiger charge is 2.23. The molecule has 0 radical (unpaired) electrons. The Kier molecular flexibility index (Phi) is 3.82. The van der Waals surface area contributed by atoms with E-state index >= 15 is 0 Å². The van der Waals surface area contributed by atoms with Crippen LogP contribution in [0.3, 0.4) is 0 Å². The van der Waals surface area contributed by atoms with Crippen LogP contribution < -0.4 is 5.32 Å². The second-order valence-corrected chi connectivity index (χ2v) is 4.92. The molecular formula is C12H24N2. The van der Waals surface area contributed by atoms with Gasteiger partial charge in [0, 0.05) is 12.6 Å². The maximum atomic E-state index is 3.58. The van der Waals surface area contributed by atoms with Gasteiger partial charge in [-0.15, -0.1) is 0 Å². The molecule has 0 aromatic carbocycles. The highest BCUT2D eigenvalue weighted by atomic mass is 15.1. The summed E-state index contributed by atoms with van der Waals surface area (Å²) in [6, 6.07) is 0.883. The molecule has 2 nitrogen and oxygen atoms in total. The van der Waals surface area contributed by atoms with E-state index < -0.39 is 0 Å². The first-order valence-electron chi connectivity index (χ1n) is 6.34. The maximum absolute atomic E-state index is 3.58. The van der Waals surface area contributed by atoms with Crippen molar-refractivity contribution >= 4 is 0 Å². The minimum absolute atomic E-state index is 0.883. The van der Waals surface area contributed by atoms with E-state index in [9.17, 15) is 0 Å². The van der Waals surface area contributed by atoms with Crippen LogP contribution in [0.2, 0.25) is 0 Å². The lowest BCUT2D eigenvalue weighted by molar-refractivity contribution is 0.272. The molecule has 2 fully saturated rings. The van der Waals surface area contributed by atoms with Crippen LogP contribution in [0.5, 0.6) is 0 Å². The molecule has 2 rings (SSSR count). The zero-order valence-corrected chi connectivity index (χ0v) is 9.47. The molecule has 2 heteroatoms. The van der Waals surface area contributed by atoms with Crippen LogP contribution in [0.1, 0.15) is 39.0 Å². The van der Waals surface area contributed by atoms with E-state index in [0.29, 0.717) is 0 Å². The molecule has 0 spiro atoms. The smallest absolute Gasteiger partial charge is 0.00682 e. The molecule has 0 saturated heterocycles. The molecule has 82 valence electrons. The van der Waals surface area contributed by atoms with Gasteiger partial charge in [0.15, 0.2) is 0 Å². The number of nitrogens with zero attached hydrogens (tertiary/aromatic N) is 1. The fraction of sp³-hybridized carbons (Fsp3) is 1.00. The first-order chi connectivity index (χ1) is 6.88. The van der Waals surface area contributed by atoms with Gasteiger partial charge in [0.2, 0.25) is 0 Å². The molecule has 0 atom stereocenters. The first kappa shape index (κ1) is 10.4. The highest BCUT2D eigenvalue weighted by molar-refractivity contribution is 4.81. The van der Waals surface area contributed by atoms with Crippen LogP contribution in [0.25, 0.3) is 0 Å². The molecule has 0 aromatic heterocycles. The van der Waals surface area contributed by atoms with Crippen molar-refractivity contribution in [1.82, 2.24) is 10.2 Å². The Morgan fingerprint density at radius 3 is 2.57 bits per heavy atom. The molecule has 0 aromatic rings. The summed E-state index contributed by atoms with van der Waals surface area (Å²) in [4.78, 5) is 2.62. The minimum atomic E-state index is 0.883. The maximum Gasteiger partial charge on any atom is 0.00682 e. The summed E-state index contributed by atoms with van der Waals surface area (Å²) in [5.74, 6) is 1.05. The zero-order valence-electron chi connectivity index (χ0n) is 9.47. The van der Waals surface area contributed by atoms with E-state index in [1.165, 1.54) is 58.3 Å². The SMILES string of the molecule is CCN(CCCNC1CC1)CC1CC1. The molecule has 2 aliphatic carbocycles. The van der Waals surface area contributed by atoms with Crippen molar-refractivity contribution in [2.24, 2.45) is 5.92 Å². The molecule has 0 aliphatic heterocycles. The molecule has 0 unspecified atom stereocenters. The Bertz CT molecular complexity index is 162. The summed E-state index contributed by atoms with van der Waals surface area (Å²) in [6.07, 6.45) is 7.13. The van der Waals surface area contributed by atoms with E-state index in [1.54, 1.807) is 0 Å². The number of nitrogens with one attached hydrogen (secondary N) is 1. The first-order valence-corrected chi connectivity index (χ1v) is 6.34. The van der Waals surface area contributed by atoms with Gasteiger partial charge in [-0.3, -0.25) is 0 Å². The van der Waals surface area contributed by atoms with Gasteiger partial charge in [0.1, 0.15) is 0 Å². The molecular weight excluding hydrogens is 172 g/mol. The molecule has 2 aliphatic rings. The van der Waals surface area contributed by atoms with Gasteiger partial charge in [-0.2, -0.15) is 0 Å². The predicted octanol–water partition coefficient (Wildman–Crippen LogP) is 1.86. The Labute approximate surface area is 88.1 Å². The second kappa shape index (κ2) is 5.13. The summed E-state index contributed by atoms with van der Waals surface area (Å²) >= 11 is 0. The van der Waals surface area contributed by atoms with Crippen LogP contribution in [0.15, 0.2) is 0 Å². The van der Waals surface area contributed by atoms with Crippen LogP contribution in [-0.2, 0) is 0 Å². The van der Waals surface area contributed by atoms with E-state index in [4.69, 9.17) is 0 Å². The van der Waals surface area contributed by atoms with Gasteiger partial charge in [0.05, 0.1) is 0 Å². The molecule has 0 amide bonds. The Morgan fingerprint density at radius 1 is 1.21 bits per heavy atom. The minimum Gasteiger partial charge on any atom is -0.314 e. The average molecular weight is 196 g/mol. The highest BCUT2D eigenvalue weighted by Crippen LogP contribution is 2.29. The van der Waals surface area contributed by atoms with Crippen molar-refractivity contribution in [3.05, 3.63) is 0 Å². The predicted molar refractivity (Wildman–Crippen MR) is 60.5 cm³/mol. The van der Waals surface area contributed by atoms with Crippen molar-refractivity contribution in [3.63, 3.8) is 0 Å². The Balaban J connectivity index is 1.47. The molecule has 0 heterocycles. The van der Waals surface area contributed by atoms with Crippen LogP contribution >= 0.6 is 0 Å². The zero-order chi connectivity index (χ0) is 9.80. The van der Waals surface area contributed by atoms with Crippen molar-refractivity contribution in [2.75, 3.05) is 26.2 Å². The third kappa shape index (κ3) is 3.97. The van der Waals surface area contributed by atoms with Crippen molar-refractivity contribution in [2.45, 2.75) is 45.1 Å². The van der Waals surface area contributed by atoms with Gasteiger partial charge < -0.3 is 10.2 Å². The Hall–Kier alpha value is -0.0800. The Morgan fingerprint density at radius 2 is 2.00 bits per heavy atom. The van der Waals surface area contributed by atoms with E-state index in [-0.39, 0.29) is 0 Å². The third-order valence-electron chi connectivity index (χ3n) is 3.32. The standard InChI is InChI=1S/C12H24N2/c1-2-14(10-11-4-5-11)9-3-8-13-12-6-7-12/h11-13H,2-10H2,1H3. The van der Waals surface area contributed by atoms with E-state index in [1.807, 2.05) is 0 Å². The number of hydrogen-bond acceptors (Lipinski definition) is 2.